The lowest BCUT2D eigenvalue weighted by Gasteiger charge is -2.27. The number of amidine groups is 2. The molecule has 0 saturated heterocycles. The van der Waals surface area contributed by atoms with Gasteiger partial charge in [0, 0.05) is 29.4 Å². The Morgan fingerprint density at radius 1 is 1.09 bits per heavy atom. The number of rotatable bonds is 6. The molecule has 0 fully saturated rings. The molecular weight excluding hydrogens is 440 g/mol. The molecule has 0 spiro atoms. The van der Waals surface area contributed by atoms with Crippen molar-refractivity contribution in [1.29, 1.82) is 0 Å². The molecule has 0 aliphatic carbocycles. The number of para-hydroxylation sites is 1. The van der Waals surface area contributed by atoms with Crippen LogP contribution in [0, 0.1) is 5.92 Å². The molecule has 2 aromatic carbocycles. The minimum atomic E-state index is -0.529. The summed E-state index contributed by atoms with van der Waals surface area (Å²) in [5, 5.41) is 2.81. The molecule has 2 aromatic rings. The van der Waals surface area contributed by atoms with E-state index in [1.807, 2.05) is 38.1 Å². The first-order chi connectivity index (χ1) is 15.8. The predicted octanol–water partition coefficient (Wildman–Crippen LogP) is 4.08. The zero-order chi connectivity index (χ0) is 23.7. The lowest BCUT2D eigenvalue weighted by atomic mass is 10.1. The Kier molecular flexibility index (Phi) is 6.42. The molecule has 0 unspecified atom stereocenters. The quantitative estimate of drug-likeness (QED) is 0.693. The molecule has 2 amide bonds. The Balaban J connectivity index is 1.58. The smallest absolute Gasteiger partial charge is 0.259 e. The summed E-state index contributed by atoms with van der Waals surface area (Å²) in [6, 6.07) is 12.3. The minimum Gasteiger partial charge on any atom is -0.497 e. The fourth-order valence-electron chi connectivity index (χ4n) is 3.62. The number of ether oxygens (including phenoxy) is 2. The number of methoxy groups -OCH3 is 2. The predicted molar refractivity (Wildman–Crippen MR) is 131 cm³/mol. The topological polar surface area (TPSA) is 92.6 Å². The maximum absolute atomic E-state index is 13.2. The number of fused-ring (bicyclic) bond motifs is 3. The summed E-state index contributed by atoms with van der Waals surface area (Å²) >= 11 is 1.23. The Hall–Kier alpha value is -3.33. The molecule has 2 aliphatic heterocycles. The van der Waals surface area contributed by atoms with Crippen molar-refractivity contribution in [1.82, 2.24) is 4.90 Å². The summed E-state index contributed by atoms with van der Waals surface area (Å²) in [6.45, 7) is 5.72. The first-order valence-corrected chi connectivity index (χ1v) is 11.5. The van der Waals surface area contributed by atoms with E-state index in [1.54, 1.807) is 44.2 Å². The Labute approximate surface area is 197 Å². The van der Waals surface area contributed by atoms with Gasteiger partial charge in [-0.15, -0.1) is 0 Å². The standard InChI is InChI=1S/C24H26N4O4S/c1-13(2)20-23(30)28-21(27-20)18-8-6-7-9-19(18)26-24(28)33-14(3)22(29)25-15-10-16(31-4)12-17(11-15)32-5/h6-14,20H,1-5H3,(H,25,29)/t14-,20+/m0/s1. The van der Waals surface area contributed by atoms with E-state index in [0.717, 1.165) is 11.3 Å². The second-order valence-electron chi connectivity index (χ2n) is 8.08. The molecule has 0 radical (unpaired) electrons. The number of nitrogens with zero attached hydrogens (tertiary/aromatic N) is 3. The molecule has 0 saturated carbocycles. The molecule has 172 valence electrons. The normalized spacial score (nSPS) is 17.7. The summed E-state index contributed by atoms with van der Waals surface area (Å²) < 4.78 is 10.5. The Morgan fingerprint density at radius 3 is 2.39 bits per heavy atom. The molecule has 9 heteroatoms. The number of hydrogen-bond donors (Lipinski definition) is 1. The lowest BCUT2D eigenvalue weighted by molar-refractivity contribution is -0.125. The fraction of sp³-hybridized carbons (Fsp3) is 0.333. The Bertz CT molecular complexity index is 1140. The van der Waals surface area contributed by atoms with E-state index >= 15 is 0 Å². The van der Waals surface area contributed by atoms with Crippen molar-refractivity contribution in [3.8, 4) is 11.5 Å². The highest BCUT2D eigenvalue weighted by atomic mass is 32.2. The molecule has 2 atom stereocenters. The maximum atomic E-state index is 13.2. The van der Waals surface area contributed by atoms with Crippen molar-refractivity contribution < 1.29 is 19.1 Å². The summed E-state index contributed by atoms with van der Waals surface area (Å²) in [5.41, 5.74) is 2.11. The second-order valence-corrected chi connectivity index (χ2v) is 9.39. The van der Waals surface area contributed by atoms with Gasteiger partial charge in [-0.2, -0.15) is 0 Å². The van der Waals surface area contributed by atoms with Crippen LogP contribution in [-0.2, 0) is 9.59 Å². The van der Waals surface area contributed by atoms with Gasteiger partial charge in [-0.3, -0.25) is 14.6 Å². The molecule has 2 aliphatic rings. The average Bonchev–Trinajstić information content (AvgIpc) is 3.16. The van der Waals surface area contributed by atoms with E-state index in [2.05, 4.69) is 5.32 Å². The third-order valence-electron chi connectivity index (χ3n) is 5.40. The van der Waals surface area contributed by atoms with Crippen molar-refractivity contribution in [3.05, 3.63) is 48.0 Å². The van der Waals surface area contributed by atoms with Gasteiger partial charge in [-0.1, -0.05) is 37.7 Å². The summed E-state index contributed by atoms with van der Waals surface area (Å²) in [7, 11) is 3.10. The van der Waals surface area contributed by atoms with Crippen LogP contribution in [0.4, 0.5) is 11.4 Å². The van der Waals surface area contributed by atoms with Crippen molar-refractivity contribution in [2.45, 2.75) is 32.1 Å². The number of thioether (sulfide) groups is 1. The fourth-order valence-corrected chi connectivity index (χ4v) is 4.53. The third kappa shape index (κ3) is 4.45. The van der Waals surface area contributed by atoms with Gasteiger partial charge >= 0.3 is 0 Å². The highest BCUT2D eigenvalue weighted by Gasteiger charge is 2.43. The number of carbonyl (C=O) groups excluding carboxylic acids is 2. The molecule has 0 aromatic heterocycles. The first-order valence-electron chi connectivity index (χ1n) is 10.6. The maximum Gasteiger partial charge on any atom is 0.259 e. The van der Waals surface area contributed by atoms with Gasteiger partial charge in [-0.25, -0.2) is 9.89 Å². The molecule has 33 heavy (non-hydrogen) atoms. The van der Waals surface area contributed by atoms with Gasteiger partial charge < -0.3 is 14.8 Å². The monoisotopic (exact) mass is 466 g/mol. The van der Waals surface area contributed by atoms with E-state index in [0.29, 0.717) is 28.2 Å². The summed E-state index contributed by atoms with van der Waals surface area (Å²) in [6.07, 6.45) is 0. The molecule has 0 bridgehead atoms. The van der Waals surface area contributed by atoms with Gasteiger partial charge in [-0.05, 0) is 25.0 Å². The molecule has 8 nitrogen and oxygen atoms in total. The van der Waals surface area contributed by atoms with E-state index in [9.17, 15) is 9.59 Å². The molecule has 4 rings (SSSR count). The summed E-state index contributed by atoms with van der Waals surface area (Å²) in [5.74, 6) is 1.44. The van der Waals surface area contributed by atoms with Crippen LogP contribution in [0.25, 0.3) is 0 Å². The lowest BCUT2D eigenvalue weighted by Crippen LogP contribution is -2.43. The van der Waals surface area contributed by atoms with Crippen LogP contribution in [0.1, 0.15) is 26.3 Å². The van der Waals surface area contributed by atoms with E-state index in [1.165, 1.54) is 11.8 Å². The van der Waals surface area contributed by atoms with Gasteiger partial charge in [0.1, 0.15) is 23.4 Å². The molecule has 1 N–H and O–H groups in total. The van der Waals surface area contributed by atoms with Crippen LogP contribution in [0.5, 0.6) is 11.5 Å². The van der Waals surface area contributed by atoms with Gasteiger partial charge in [0.15, 0.2) is 5.17 Å². The number of benzene rings is 2. The van der Waals surface area contributed by atoms with E-state index in [4.69, 9.17) is 19.5 Å². The van der Waals surface area contributed by atoms with E-state index in [-0.39, 0.29) is 17.7 Å². The summed E-state index contributed by atoms with van der Waals surface area (Å²) in [4.78, 5) is 37.1. The van der Waals surface area contributed by atoms with Crippen LogP contribution >= 0.6 is 11.8 Å². The van der Waals surface area contributed by atoms with Crippen molar-refractivity contribution >= 4 is 46.0 Å². The van der Waals surface area contributed by atoms with Gasteiger partial charge in [0.25, 0.3) is 5.91 Å². The van der Waals surface area contributed by atoms with E-state index < -0.39 is 11.3 Å². The van der Waals surface area contributed by atoms with Crippen molar-refractivity contribution in [2.24, 2.45) is 15.9 Å². The number of anilines is 1. The SMILES string of the molecule is COc1cc(NC(=O)[C@H](C)SC2=Nc3ccccc3C3=N[C@H](C(C)C)C(=O)N23)cc(OC)c1. The van der Waals surface area contributed by atoms with Crippen LogP contribution in [0.2, 0.25) is 0 Å². The third-order valence-corrected chi connectivity index (χ3v) is 6.45. The molecule has 2 heterocycles. The zero-order valence-electron chi connectivity index (χ0n) is 19.2. The van der Waals surface area contributed by atoms with Crippen LogP contribution in [0.3, 0.4) is 0 Å². The number of amides is 2. The van der Waals surface area contributed by atoms with Crippen LogP contribution in [-0.4, -0.2) is 53.2 Å². The van der Waals surface area contributed by atoms with Gasteiger partial charge in [0.05, 0.1) is 25.2 Å². The first kappa shape index (κ1) is 22.8. The van der Waals surface area contributed by atoms with Crippen LogP contribution < -0.4 is 14.8 Å². The number of aliphatic imine (C=N–C) groups is 2. The van der Waals surface area contributed by atoms with Crippen LogP contribution in [0.15, 0.2) is 52.4 Å². The number of carbonyl (C=O) groups is 2. The van der Waals surface area contributed by atoms with Gasteiger partial charge in [0.2, 0.25) is 5.91 Å². The Morgan fingerprint density at radius 2 is 1.76 bits per heavy atom. The van der Waals surface area contributed by atoms with Crippen molar-refractivity contribution in [2.75, 3.05) is 19.5 Å². The average molecular weight is 467 g/mol. The minimum absolute atomic E-state index is 0.0535. The highest BCUT2D eigenvalue weighted by molar-refractivity contribution is 8.15. The molecular formula is C24H26N4O4S. The number of nitrogens with one attached hydrogen (secondary N) is 1. The van der Waals surface area contributed by atoms with Crippen molar-refractivity contribution in [3.63, 3.8) is 0 Å². The highest BCUT2D eigenvalue weighted by Crippen LogP contribution is 2.36. The number of hydrogen-bond acceptors (Lipinski definition) is 7. The zero-order valence-corrected chi connectivity index (χ0v) is 20.0. The second kappa shape index (κ2) is 9.27. The largest absolute Gasteiger partial charge is 0.497 e.